The lowest BCUT2D eigenvalue weighted by atomic mass is 9.79. The lowest BCUT2D eigenvalue weighted by molar-refractivity contribution is 0.200. The van der Waals surface area contributed by atoms with E-state index in [1.165, 1.54) is 38.5 Å². The van der Waals surface area contributed by atoms with Gasteiger partial charge in [0, 0.05) is 0 Å². The van der Waals surface area contributed by atoms with Crippen molar-refractivity contribution in [2.75, 3.05) is 19.8 Å². The maximum absolute atomic E-state index is 5.45. The van der Waals surface area contributed by atoms with Crippen LogP contribution in [0.1, 0.15) is 45.4 Å². The molecular formula is C15H26O3. The van der Waals surface area contributed by atoms with Crippen LogP contribution >= 0.6 is 0 Å². The Labute approximate surface area is 110 Å². The number of hydrogen-bond donors (Lipinski definition) is 0. The monoisotopic (exact) mass is 254 g/mol. The Bertz CT molecular complexity index is 242. The summed E-state index contributed by atoms with van der Waals surface area (Å²) < 4.78 is 16.3. The van der Waals surface area contributed by atoms with Crippen LogP contribution in [0.5, 0.6) is 0 Å². The predicted octanol–water partition coefficient (Wildman–Crippen LogP) is 2.78. The summed E-state index contributed by atoms with van der Waals surface area (Å²) in [6, 6.07) is 0. The minimum Gasteiger partial charge on any atom is -0.373 e. The average Bonchev–Trinajstić information content (AvgIpc) is 3.21. The van der Waals surface area contributed by atoms with E-state index in [4.69, 9.17) is 14.2 Å². The number of hydrogen-bond acceptors (Lipinski definition) is 3. The summed E-state index contributed by atoms with van der Waals surface area (Å²) in [7, 11) is 0. The van der Waals surface area contributed by atoms with E-state index in [0.29, 0.717) is 18.3 Å². The molecule has 3 aliphatic rings. The highest BCUT2D eigenvalue weighted by Gasteiger charge is 2.38. The highest BCUT2D eigenvalue weighted by molar-refractivity contribution is 4.86. The molecule has 0 amide bonds. The molecule has 0 saturated carbocycles. The van der Waals surface area contributed by atoms with Crippen molar-refractivity contribution in [2.24, 2.45) is 11.8 Å². The Hall–Kier alpha value is -0.120. The van der Waals surface area contributed by atoms with Gasteiger partial charge in [0.2, 0.25) is 0 Å². The molecule has 0 aromatic carbocycles. The Kier molecular flexibility index (Phi) is 4.22. The molecule has 0 bridgehead atoms. The smallest absolute Gasteiger partial charge is 0.0812 e. The van der Waals surface area contributed by atoms with Crippen LogP contribution in [-0.2, 0) is 14.2 Å². The van der Waals surface area contributed by atoms with Gasteiger partial charge in [0.15, 0.2) is 0 Å². The van der Waals surface area contributed by atoms with E-state index >= 15 is 0 Å². The van der Waals surface area contributed by atoms with Gasteiger partial charge in [-0.15, -0.1) is 0 Å². The molecule has 4 unspecified atom stereocenters. The Morgan fingerprint density at radius 3 is 1.67 bits per heavy atom. The van der Waals surface area contributed by atoms with Crippen LogP contribution in [0.25, 0.3) is 0 Å². The molecule has 3 fully saturated rings. The Morgan fingerprint density at radius 2 is 1.28 bits per heavy atom. The van der Waals surface area contributed by atoms with Gasteiger partial charge in [-0.2, -0.15) is 0 Å². The molecule has 3 nitrogen and oxygen atoms in total. The van der Waals surface area contributed by atoms with Gasteiger partial charge < -0.3 is 14.2 Å². The molecule has 0 aromatic rings. The normalized spacial score (nSPS) is 36.2. The first-order valence-electron chi connectivity index (χ1n) is 7.70. The fourth-order valence-electron chi connectivity index (χ4n) is 3.12. The van der Waals surface area contributed by atoms with Gasteiger partial charge in [-0.25, -0.2) is 0 Å². The quantitative estimate of drug-likeness (QED) is 0.563. The van der Waals surface area contributed by atoms with Gasteiger partial charge in [-0.1, -0.05) is 26.2 Å². The first-order chi connectivity index (χ1) is 8.85. The van der Waals surface area contributed by atoms with E-state index in [2.05, 4.69) is 6.92 Å². The maximum atomic E-state index is 5.45. The van der Waals surface area contributed by atoms with Crippen molar-refractivity contribution in [3.05, 3.63) is 0 Å². The third kappa shape index (κ3) is 4.22. The van der Waals surface area contributed by atoms with Crippen molar-refractivity contribution in [2.45, 2.75) is 63.8 Å². The molecule has 3 heteroatoms. The van der Waals surface area contributed by atoms with Crippen LogP contribution < -0.4 is 0 Å². The van der Waals surface area contributed by atoms with Gasteiger partial charge in [0.25, 0.3) is 0 Å². The highest BCUT2D eigenvalue weighted by Crippen LogP contribution is 2.38. The van der Waals surface area contributed by atoms with Gasteiger partial charge in [0.05, 0.1) is 38.1 Å². The number of epoxide rings is 3. The predicted molar refractivity (Wildman–Crippen MR) is 69.6 cm³/mol. The van der Waals surface area contributed by atoms with E-state index in [1.54, 1.807) is 0 Å². The van der Waals surface area contributed by atoms with Crippen LogP contribution in [0.3, 0.4) is 0 Å². The molecule has 0 spiro atoms. The zero-order valence-corrected chi connectivity index (χ0v) is 11.5. The zero-order chi connectivity index (χ0) is 12.4. The Balaban J connectivity index is 1.53. The molecule has 3 heterocycles. The first kappa shape index (κ1) is 12.9. The average molecular weight is 254 g/mol. The largest absolute Gasteiger partial charge is 0.373 e. The van der Waals surface area contributed by atoms with E-state index < -0.39 is 0 Å². The van der Waals surface area contributed by atoms with Crippen molar-refractivity contribution in [3.63, 3.8) is 0 Å². The summed E-state index contributed by atoms with van der Waals surface area (Å²) in [6.07, 6.45) is 9.46. The summed E-state index contributed by atoms with van der Waals surface area (Å²) in [5, 5.41) is 0. The van der Waals surface area contributed by atoms with E-state index in [0.717, 1.165) is 31.7 Å². The topological polar surface area (TPSA) is 37.6 Å². The summed E-state index contributed by atoms with van der Waals surface area (Å²) in [6.45, 7) is 5.26. The molecule has 0 aliphatic carbocycles. The number of unbranched alkanes of at least 4 members (excludes halogenated alkanes) is 1. The molecule has 4 atom stereocenters. The van der Waals surface area contributed by atoms with Crippen molar-refractivity contribution < 1.29 is 14.2 Å². The molecule has 18 heavy (non-hydrogen) atoms. The molecule has 0 aromatic heterocycles. The summed E-state index contributed by atoms with van der Waals surface area (Å²) in [5.41, 5.74) is 0. The summed E-state index contributed by atoms with van der Waals surface area (Å²) in [5.74, 6) is 1.62. The fraction of sp³-hybridized carbons (Fsp3) is 1.00. The van der Waals surface area contributed by atoms with Crippen molar-refractivity contribution >= 4 is 0 Å². The van der Waals surface area contributed by atoms with Gasteiger partial charge >= 0.3 is 0 Å². The second-order valence-corrected chi connectivity index (χ2v) is 6.24. The first-order valence-corrected chi connectivity index (χ1v) is 7.70. The van der Waals surface area contributed by atoms with Crippen LogP contribution in [0.15, 0.2) is 0 Å². The highest BCUT2D eigenvalue weighted by atomic mass is 16.6. The molecule has 0 radical (unpaired) electrons. The second-order valence-electron chi connectivity index (χ2n) is 6.24. The minimum atomic E-state index is 0.554. The van der Waals surface area contributed by atoms with Crippen LogP contribution in [0.4, 0.5) is 0 Å². The lowest BCUT2D eigenvalue weighted by Gasteiger charge is -2.26. The molecule has 3 saturated heterocycles. The summed E-state index contributed by atoms with van der Waals surface area (Å²) in [4.78, 5) is 0. The number of ether oxygens (including phenoxy) is 3. The van der Waals surface area contributed by atoms with Crippen molar-refractivity contribution in [1.29, 1.82) is 0 Å². The second kappa shape index (κ2) is 5.89. The molecule has 3 rings (SSSR count). The van der Waals surface area contributed by atoms with Crippen LogP contribution in [0.2, 0.25) is 0 Å². The molecule has 0 N–H and O–H groups in total. The lowest BCUT2D eigenvalue weighted by Crippen LogP contribution is -2.21. The molecular weight excluding hydrogens is 228 g/mol. The van der Waals surface area contributed by atoms with Gasteiger partial charge in [-0.05, 0) is 31.1 Å². The Morgan fingerprint density at radius 1 is 0.833 bits per heavy atom. The molecule has 104 valence electrons. The van der Waals surface area contributed by atoms with Crippen molar-refractivity contribution in [1.82, 2.24) is 0 Å². The van der Waals surface area contributed by atoms with E-state index in [1.807, 2.05) is 0 Å². The van der Waals surface area contributed by atoms with E-state index in [-0.39, 0.29) is 0 Å². The third-order valence-corrected chi connectivity index (χ3v) is 4.50. The van der Waals surface area contributed by atoms with E-state index in [9.17, 15) is 0 Å². The SMILES string of the molecule is CCCCC(CC1CO1)C(CC1CO1)CC1CO1. The van der Waals surface area contributed by atoms with Gasteiger partial charge in [-0.3, -0.25) is 0 Å². The van der Waals surface area contributed by atoms with Gasteiger partial charge in [0.1, 0.15) is 0 Å². The van der Waals surface area contributed by atoms with Crippen molar-refractivity contribution in [3.8, 4) is 0 Å². The molecule has 3 aliphatic heterocycles. The summed E-state index contributed by atoms with van der Waals surface area (Å²) >= 11 is 0. The third-order valence-electron chi connectivity index (χ3n) is 4.50. The number of rotatable bonds is 10. The minimum absolute atomic E-state index is 0.554. The standard InChI is InChI=1S/C15H26O3/c1-2-3-4-11(5-13-8-16-13)12(6-14-9-17-14)7-15-10-18-15/h11-15H,2-10H2,1H3. The van der Waals surface area contributed by atoms with Crippen LogP contribution in [0, 0.1) is 11.8 Å². The maximum Gasteiger partial charge on any atom is 0.0812 e. The fourth-order valence-corrected chi connectivity index (χ4v) is 3.12. The van der Waals surface area contributed by atoms with Crippen LogP contribution in [-0.4, -0.2) is 38.1 Å². The zero-order valence-electron chi connectivity index (χ0n) is 11.5.